The van der Waals surface area contributed by atoms with Gasteiger partial charge in [0.2, 0.25) is 11.7 Å². The van der Waals surface area contributed by atoms with Gasteiger partial charge in [-0.25, -0.2) is 0 Å². The Balaban J connectivity index is 2.20. The molecule has 0 spiro atoms. The van der Waals surface area contributed by atoms with E-state index in [4.69, 9.17) is 10.3 Å². The van der Waals surface area contributed by atoms with Crippen molar-refractivity contribution < 1.29 is 4.52 Å². The summed E-state index contributed by atoms with van der Waals surface area (Å²) in [5.41, 5.74) is 7.82. The molecule has 2 aromatic rings. The number of nitrogens with zero attached hydrogens (tertiary/aromatic N) is 3. The highest BCUT2D eigenvalue weighted by Crippen LogP contribution is 2.20. The number of aryl methyl sites for hydroxylation is 1. The molecule has 96 valence electrons. The highest BCUT2D eigenvalue weighted by molar-refractivity contribution is 5.48. The lowest BCUT2D eigenvalue weighted by atomic mass is 10.0. The fourth-order valence-electron chi connectivity index (χ4n) is 1.76. The molecule has 0 amide bonds. The van der Waals surface area contributed by atoms with Crippen LogP contribution in [0.3, 0.4) is 0 Å². The van der Waals surface area contributed by atoms with Crippen LogP contribution in [0.2, 0.25) is 0 Å². The van der Waals surface area contributed by atoms with Crippen LogP contribution in [0.1, 0.15) is 37.8 Å². The van der Waals surface area contributed by atoms with Crippen LogP contribution in [0.4, 0.5) is 0 Å². The minimum absolute atomic E-state index is 0.212. The van der Waals surface area contributed by atoms with Crippen LogP contribution in [0, 0.1) is 12.8 Å². The van der Waals surface area contributed by atoms with Crippen molar-refractivity contribution >= 4 is 0 Å². The molecule has 5 nitrogen and oxygen atoms in total. The van der Waals surface area contributed by atoms with Gasteiger partial charge in [-0.1, -0.05) is 19.0 Å². The maximum atomic E-state index is 6.00. The Morgan fingerprint density at radius 2 is 2.17 bits per heavy atom. The number of aromatic nitrogens is 3. The van der Waals surface area contributed by atoms with E-state index in [0.717, 1.165) is 12.0 Å². The number of nitrogens with two attached hydrogens (primary N) is 1. The normalized spacial score (nSPS) is 12.9. The summed E-state index contributed by atoms with van der Waals surface area (Å²) in [5, 5.41) is 3.93. The third kappa shape index (κ3) is 2.92. The Morgan fingerprint density at radius 1 is 1.39 bits per heavy atom. The molecule has 2 heterocycles. The zero-order chi connectivity index (χ0) is 13.1. The van der Waals surface area contributed by atoms with Gasteiger partial charge < -0.3 is 10.3 Å². The van der Waals surface area contributed by atoms with Crippen molar-refractivity contribution in [3.8, 4) is 11.5 Å². The third-order valence-corrected chi connectivity index (χ3v) is 2.63. The van der Waals surface area contributed by atoms with Crippen molar-refractivity contribution in [3.63, 3.8) is 0 Å². The molecule has 2 rings (SSSR count). The lowest BCUT2D eigenvalue weighted by Crippen LogP contribution is -2.13. The van der Waals surface area contributed by atoms with Crippen molar-refractivity contribution in [2.24, 2.45) is 11.7 Å². The monoisotopic (exact) mass is 246 g/mol. The van der Waals surface area contributed by atoms with E-state index in [1.54, 1.807) is 6.20 Å². The molecule has 0 fully saturated rings. The predicted octanol–water partition coefficient (Wildman–Crippen LogP) is 2.49. The minimum atomic E-state index is -0.212. The Morgan fingerprint density at radius 3 is 2.83 bits per heavy atom. The first kappa shape index (κ1) is 12.7. The van der Waals surface area contributed by atoms with Crippen LogP contribution in [0.15, 0.2) is 22.9 Å². The molecule has 0 aromatic carbocycles. The number of hydrogen-bond donors (Lipinski definition) is 1. The first-order valence-corrected chi connectivity index (χ1v) is 6.08. The lowest BCUT2D eigenvalue weighted by molar-refractivity contribution is 0.335. The predicted molar refractivity (Wildman–Crippen MR) is 68.6 cm³/mol. The zero-order valence-electron chi connectivity index (χ0n) is 10.9. The van der Waals surface area contributed by atoms with Gasteiger partial charge in [0.05, 0.1) is 6.04 Å². The van der Waals surface area contributed by atoms with E-state index in [1.165, 1.54) is 0 Å². The average Bonchev–Trinajstić information content (AvgIpc) is 2.77. The molecular formula is C13H18N4O. The maximum Gasteiger partial charge on any atom is 0.243 e. The summed E-state index contributed by atoms with van der Waals surface area (Å²) in [6, 6.07) is 3.63. The van der Waals surface area contributed by atoms with E-state index < -0.39 is 0 Å². The first-order chi connectivity index (χ1) is 8.56. The molecular weight excluding hydrogens is 228 g/mol. The summed E-state index contributed by atoms with van der Waals surface area (Å²) in [4.78, 5) is 8.53. The van der Waals surface area contributed by atoms with Gasteiger partial charge in [-0.3, -0.25) is 4.98 Å². The number of hydrogen-bond acceptors (Lipinski definition) is 5. The minimum Gasteiger partial charge on any atom is -0.337 e. The van der Waals surface area contributed by atoms with Gasteiger partial charge in [0, 0.05) is 6.20 Å². The van der Waals surface area contributed by atoms with E-state index in [9.17, 15) is 0 Å². The van der Waals surface area contributed by atoms with Crippen molar-refractivity contribution in [1.29, 1.82) is 0 Å². The lowest BCUT2D eigenvalue weighted by Gasteiger charge is -2.08. The Labute approximate surface area is 106 Å². The summed E-state index contributed by atoms with van der Waals surface area (Å²) >= 11 is 0. The van der Waals surface area contributed by atoms with Gasteiger partial charge in [0.15, 0.2) is 0 Å². The average molecular weight is 246 g/mol. The molecule has 18 heavy (non-hydrogen) atoms. The quantitative estimate of drug-likeness (QED) is 0.896. The molecule has 0 aliphatic carbocycles. The van der Waals surface area contributed by atoms with E-state index in [1.807, 2.05) is 19.1 Å². The molecule has 0 unspecified atom stereocenters. The van der Waals surface area contributed by atoms with Gasteiger partial charge in [-0.2, -0.15) is 4.98 Å². The molecule has 2 N–H and O–H groups in total. The second-order valence-corrected chi connectivity index (χ2v) is 4.91. The van der Waals surface area contributed by atoms with E-state index in [2.05, 4.69) is 29.0 Å². The summed E-state index contributed by atoms with van der Waals surface area (Å²) in [5.74, 6) is 1.46. The van der Waals surface area contributed by atoms with E-state index >= 15 is 0 Å². The molecule has 2 aromatic heterocycles. The smallest absolute Gasteiger partial charge is 0.243 e. The van der Waals surface area contributed by atoms with E-state index in [-0.39, 0.29) is 6.04 Å². The second-order valence-electron chi connectivity index (χ2n) is 4.91. The Hall–Kier alpha value is -1.75. The van der Waals surface area contributed by atoms with Gasteiger partial charge >= 0.3 is 0 Å². The first-order valence-electron chi connectivity index (χ1n) is 6.08. The molecule has 0 bridgehead atoms. The molecule has 0 saturated heterocycles. The standard InChI is InChI=1S/C13H18N4O/c1-8(2)6-10(14)13-16-12(17-18-13)11-7-9(3)4-5-15-11/h4-5,7-8,10H,6,14H2,1-3H3/t10-/m1/s1. The molecule has 0 saturated carbocycles. The van der Waals surface area contributed by atoms with Gasteiger partial charge in [-0.05, 0) is 37.0 Å². The van der Waals surface area contributed by atoms with Crippen molar-refractivity contribution in [1.82, 2.24) is 15.1 Å². The van der Waals surface area contributed by atoms with Gasteiger partial charge in [-0.15, -0.1) is 0 Å². The number of rotatable bonds is 4. The topological polar surface area (TPSA) is 77.8 Å². The zero-order valence-corrected chi connectivity index (χ0v) is 10.9. The summed E-state index contributed by atoms with van der Waals surface area (Å²) < 4.78 is 5.20. The fourth-order valence-corrected chi connectivity index (χ4v) is 1.76. The summed E-state index contributed by atoms with van der Waals surface area (Å²) in [6.07, 6.45) is 2.55. The molecule has 1 atom stereocenters. The largest absolute Gasteiger partial charge is 0.337 e. The molecule has 0 aliphatic rings. The van der Waals surface area contributed by atoms with Crippen molar-refractivity contribution in [2.75, 3.05) is 0 Å². The fraction of sp³-hybridized carbons (Fsp3) is 0.462. The maximum absolute atomic E-state index is 6.00. The van der Waals surface area contributed by atoms with Crippen LogP contribution in [-0.4, -0.2) is 15.1 Å². The molecule has 0 radical (unpaired) electrons. The molecule has 0 aliphatic heterocycles. The Kier molecular flexibility index (Phi) is 3.72. The van der Waals surface area contributed by atoms with Crippen molar-refractivity contribution in [3.05, 3.63) is 29.8 Å². The SMILES string of the molecule is Cc1ccnc(-c2noc([C@H](N)CC(C)C)n2)c1. The van der Waals surface area contributed by atoms with Crippen LogP contribution in [0.5, 0.6) is 0 Å². The second kappa shape index (κ2) is 5.27. The Bertz CT molecular complexity index is 521. The van der Waals surface area contributed by atoms with Crippen LogP contribution in [-0.2, 0) is 0 Å². The van der Waals surface area contributed by atoms with Crippen molar-refractivity contribution in [2.45, 2.75) is 33.2 Å². The van der Waals surface area contributed by atoms with Gasteiger partial charge in [0.25, 0.3) is 0 Å². The summed E-state index contributed by atoms with van der Waals surface area (Å²) in [7, 11) is 0. The van der Waals surface area contributed by atoms with Crippen LogP contribution < -0.4 is 5.73 Å². The van der Waals surface area contributed by atoms with Crippen LogP contribution in [0.25, 0.3) is 11.5 Å². The number of pyridine rings is 1. The molecule has 5 heteroatoms. The summed E-state index contributed by atoms with van der Waals surface area (Å²) in [6.45, 7) is 6.22. The highest BCUT2D eigenvalue weighted by atomic mass is 16.5. The van der Waals surface area contributed by atoms with E-state index in [0.29, 0.717) is 23.3 Å². The van der Waals surface area contributed by atoms with Crippen LogP contribution >= 0.6 is 0 Å². The van der Waals surface area contributed by atoms with Gasteiger partial charge in [0.1, 0.15) is 5.69 Å². The highest BCUT2D eigenvalue weighted by Gasteiger charge is 2.17. The third-order valence-electron chi connectivity index (χ3n) is 2.63.